The van der Waals surface area contributed by atoms with Gasteiger partial charge in [0.2, 0.25) is 5.79 Å². The molecule has 2 saturated heterocycles. The van der Waals surface area contributed by atoms with Gasteiger partial charge in [0.15, 0.2) is 12.1 Å². The SMILES string of the molecule is CC1(C)O[C@H]2[C@H](O)O[C@@](O)(CBr)[C@H]2O1. The first-order valence-corrected chi connectivity index (χ1v) is 5.50. The number of ether oxygens (including phenoxy) is 3. The Balaban J connectivity index is 2.23. The molecule has 0 radical (unpaired) electrons. The average molecular weight is 269 g/mol. The van der Waals surface area contributed by atoms with E-state index >= 15 is 0 Å². The number of alkyl halides is 1. The van der Waals surface area contributed by atoms with Crippen molar-refractivity contribution in [2.45, 2.75) is 43.9 Å². The van der Waals surface area contributed by atoms with Crippen LogP contribution in [0.3, 0.4) is 0 Å². The summed E-state index contributed by atoms with van der Waals surface area (Å²) in [4.78, 5) is 0. The lowest BCUT2D eigenvalue weighted by atomic mass is 10.1. The Morgan fingerprint density at radius 3 is 2.50 bits per heavy atom. The minimum absolute atomic E-state index is 0.164. The van der Waals surface area contributed by atoms with E-state index < -0.39 is 30.1 Å². The largest absolute Gasteiger partial charge is 0.366 e. The number of aliphatic hydroxyl groups excluding tert-OH is 1. The molecule has 0 saturated carbocycles. The minimum atomic E-state index is -1.52. The van der Waals surface area contributed by atoms with Crippen molar-refractivity contribution in [3.8, 4) is 0 Å². The van der Waals surface area contributed by atoms with Crippen molar-refractivity contribution in [3.63, 3.8) is 0 Å². The highest BCUT2D eigenvalue weighted by molar-refractivity contribution is 9.09. The Labute approximate surface area is 90.1 Å². The predicted octanol–water partition coefficient (Wildman–Crippen LogP) is -0.0614. The summed E-state index contributed by atoms with van der Waals surface area (Å²) in [5.41, 5.74) is 0. The maximum atomic E-state index is 9.94. The van der Waals surface area contributed by atoms with E-state index in [1.165, 1.54) is 0 Å². The van der Waals surface area contributed by atoms with Gasteiger partial charge in [-0.15, -0.1) is 0 Å². The molecule has 2 heterocycles. The molecule has 0 aromatic heterocycles. The molecule has 0 amide bonds. The first kappa shape index (κ1) is 10.8. The number of fused-ring (bicyclic) bond motifs is 1. The van der Waals surface area contributed by atoms with Gasteiger partial charge in [-0.25, -0.2) is 0 Å². The highest BCUT2D eigenvalue weighted by atomic mass is 79.9. The number of rotatable bonds is 1. The quantitative estimate of drug-likeness (QED) is 0.653. The van der Waals surface area contributed by atoms with E-state index in [0.717, 1.165) is 0 Å². The Morgan fingerprint density at radius 1 is 1.29 bits per heavy atom. The lowest BCUT2D eigenvalue weighted by Crippen LogP contribution is -2.44. The van der Waals surface area contributed by atoms with Crippen LogP contribution in [-0.4, -0.2) is 45.6 Å². The normalized spacial score (nSPS) is 50.8. The number of aliphatic hydroxyl groups is 2. The molecule has 2 N–H and O–H groups in total. The molecule has 2 rings (SSSR count). The van der Waals surface area contributed by atoms with Crippen LogP contribution in [0.2, 0.25) is 0 Å². The van der Waals surface area contributed by atoms with Crippen LogP contribution in [0.4, 0.5) is 0 Å². The number of hydrogen-bond donors (Lipinski definition) is 2. The molecule has 2 fully saturated rings. The lowest BCUT2D eigenvalue weighted by Gasteiger charge is -2.27. The van der Waals surface area contributed by atoms with E-state index in [-0.39, 0.29) is 5.33 Å². The van der Waals surface area contributed by atoms with Crippen LogP contribution in [0.15, 0.2) is 0 Å². The van der Waals surface area contributed by atoms with E-state index in [4.69, 9.17) is 14.2 Å². The Morgan fingerprint density at radius 2 is 1.93 bits per heavy atom. The van der Waals surface area contributed by atoms with Crippen LogP contribution in [0.5, 0.6) is 0 Å². The van der Waals surface area contributed by atoms with E-state index in [0.29, 0.717) is 0 Å². The fourth-order valence-corrected chi connectivity index (χ4v) is 2.25. The van der Waals surface area contributed by atoms with Crippen molar-refractivity contribution in [1.29, 1.82) is 0 Å². The van der Waals surface area contributed by atoms with Crippen molar-refractivity contribution in [2.24, 2.45) is 0 Å². The van der Waals surface area contributed by atoms with Crippen molar-refractivity contribution in [3.05, 3.63) is 0 Å². The third-order valence-electron chi connectivity index (χ3n) is 2.37. The molecule has 82 valence electrons. The fraction of sp³-hybridized carbons (Fsp3) is 1.00. The minimum Gasteiger partial charge on any atom is -0.366 e. The summed E-state index contributed by atoms with van der Waals surface area (Å²) >= 11 is 3.11. The van der Waals surface area contributed by atoms with Crippen LogP contribution < -0.4 is 0 Å². The van der Waals surface area contributed by atoms with E-state index in [9.17, 15) is 10.2 Å². The summed E-state index contributed by atoms with van der Waals surface area (Å²) in [6, 6.07) is 0. The summed E-state index contributed by atoms with van der Waals surface area (Å²) in [7, 11) is 0. The third-order valence-corrected chi connectivity index (χ3v) is 3.17. The van der Waals surface area contributed by atoms with E-state index in [1.807, 2.05) is 0 Å². The van der Waals surface area contributed by atoms with Gasteiger partial charge in [-0.05, 0) is 13.8 Å². The first-order chi connectivity index (χ1) is 6.38. The smallest absolute Gasteiger partial charge is 0.207 e. The predicted molar refractivity (Wildman–Crippen MR) is 49.7 cm³/mol. The van der Waals surface area contributed by atoms with Gasteiger partial charge < -0.3 is 24.4 Å². The molecule has 6 heteroatoms. The second-order valence-corrected chi connectivity index (χ2v) is 4.57. The molecule has 0 bridgehead atoms. The summed E-state index contributed by atoms with van der Waals surface area (Å²) in [6.45, 7) is 3.46. The molecule has 0 aliphatic carbocycles. The monoisotopic (exact) mass is 268 g/mol. The number of hydrogen-bond acceptors (Lipinski definition) is 5. The van der Waals surface area contributed by atoms with Gasteiger partial charge >= 0.3 is 0 Å². The highest BCUT2D eigenvalue weighted by Crippen LogP contribution is 2.42. The molecule has 14 heavy (non-hydrogen) atoms. The molecule has 0 spiro atoms. The Hall–Kier alpha value is 0.280. The summed E-state index contributed by atoms with van der Waals surface area (Å²) in [6.07, 6.45) is -2.44. The zero-order valence-electron chi connectivity index (χ0n) is 7.94. The molecule has 4 atom stereocenters. The molecule has 2 aliphatic heterocycles. The van der Waals surface area contributed by atoms with Gasteiger partial charge in [-0.1, -0.05) is 15.9 Å². The average Bonchev–Trinajstić information content (AvgIpc) is 2.50. The highest BCUT2D eigenvalue weighted by Gasteiger charge is 2.61. The van der Waals surface area contributed by atoms with Crippen molar-refractivity contribution < 1.29 is 24.4 Å². The lowest BCUT2D eigenvalue weighted by molar-refractivity contribution is -0.292. The van der Waals surface area contributed by atoms with Crippen molar-refractivity contribution in [2.75, 3.05) is 5.33 Å². The summed E-state index contributed by atoms with van der Waals surface area (Å²) < 4.78 is 15.8. The number of halogens is 1. The maximum absolute atomic E-state index is 9.94. The molecule has 0 aromatic rings. The second kappa shape index (κ2) is 3.13. The van der Waals surface area contributed by atoms with Crippen LogP contribution in [-0.2, 0) is 14.2 Å². The van der Waals surface area contributed by atoms with Gasteiger partial charge in [0.25, 0.3) is 0 Å². The molecular weight excluding hydrogens is 256 g/mol. The van der Waals surface area contributed by atoms with E-state index in [2.05, 4.69) is 15.9 Å². The van der Waals surface area contributed by atoms with Crippen LogP contribution >= 0.6 is 15.9 Å². The summed E-state index contributed by atoms with van der Waals surface area (Å²) in [5, 5.41) is 19.6. The topological polar surface area (TPSA) is 68.2 Å². The van der Waals surface area contributed by atoms with Gasteiger partial charge in [0, 0.05) is 0 Å². The van der Waals surface area contributed by atoms with Gasteiger partial charge in [-0.3, -0.25) is 0 Å². The first-order valence-electron chi connectivity index (χ1n) is 4.38. The standard InChI is InChI=1S/C8H13BrO5/c1-7(2)12-4-5(13-7)8(11,3-9)14-6(4)10/h4-6,10-11H,3H2,1-2H3/t4-,5+,6-,8+/m1/s1. The fourth-order valence-electron chi connectivity index (χ4n) is 1.80. The second-order valence-electron chi connectivity index (χ2n) is 4.01. The van der Waals surface area contributed by atoms with Gasteiger partial charge in [-0.2, -0.15) is 0 Å². The van der Waals surface area contributed by atoms with Gasteiger partial charge in [0.05, 0.1) is 5.33 Å². The van der Waals surface area contributed by atoms with Crippen LogP contribution in [0, 0.1) is 0 Å². The van der Waals surface area contributed by atoms with Crippen molar-refractivity contribution >= 4 is 15.9 Å². The summed E-state index contributed by atoms with van der Waals surface area (Å²) in [5.74, 6) is -2.31. The Bertz CT molecular complexity index is 246. The maximum Gasteiger partial charge on any atom is 0.207 e. The molecule has 2 aliphatic rings. The van der Waals surface area contributed by atoms with Crippen molar-refractivity contribution in [1.82, 2.24) is 0 Å². The van der Waals surface area contributed by atoms with E-state index in [1.54, 1.807) is 13.8 Å². The van der Waals surface area contributed by atoms with Gasteiger partial charge in [0.1, 0.15) is 12.2 Å². The van der Waals surface area contributed by atoms with Crippen LogP contribution in [0.1, 0.15) is 13.8 Å². The molecule has 5 nitrogen and oxygen atoms in total. The molecule has 0 unspecified atom stereocenters. The third kappa shape index (κ3) is 1.50. The zero-order chi connectivity index (χ0) is 10.6. The van der Waals surface area contributed by atoms with Crippen LogP contribution in [0.25, 0.3) is 0 Å². The molecule has 0 aromatic carbocycles. The zero-order valence-corrected chi connectivity index (χ0v) is 9.52. The Kier molecular flexibility index (Phi) is 2.41. The molecular formula is C8H13BrO5.